The molecule has 3 aromatic rings. The zero-order chi connectivity index (χ0) is 15.0. The molecular weight excluding hydrogens is 284 g/mol. The van der Waals surface area contributed by atoms with Gasteiger partial charge < -0.3 is 0 Å². The van der Waals surface area contributed by atoms with E-state index in [0.717, 1.165) is 11.1 Å². The van der Waals surface area contributed by atoms with Gasteiger partial charge in [-0.15, -0.1) is 11.3 Å². The van der Waals surface area contributed by atoms with Crippen LogP contribution in [0.2, 0.25) is 0 Å². The number of fused-ring (bicyclic) bond motifs is 1. The van der Waals surface area contributed by atoms with Crippen molar-refractivity contribution in [1.29, 1.82) is 0 Å². The maximum atomic E-state index is 12.4. The lowest BCUT2D eigenvalue weighted by molar-refractivity contribution is 0.0970. The molecule has 0 aliphatic carbocycles. The summed E-state index contributed by atoms with van der Waals surface area (Å²) in [7, 11) is 0. The van der Waals surface area contributed by atoms with Gasteiger partial charge in [-0.1, -0.05) is 17.7 Å². The highest BCUT2D eigenvalue weighted by atomic mass is 32.1. The molecule has 21 heavy (non-hydrogen) atoms. The van der Waals surface area contributed by atoms with Gasteiger partial charge in [-0.2, -0.15) is 0 Å². The molecule has 4 nitrogen and oxygen atoms in total. The lowest BCUT2D eigenvalue weighted by Gasteiger charge is -2.08. The van der Waals surface area contributed by atoms with Crippen LogP contribution in [0.4, 0.5) is 0 Å². The van der Waals surface area contributed by atoms with Gasteiger partial charge in [-0.25, -0.2) is 4.98 Å². The van der Waals surface area contributed by atoms with Gasteiger partial charge in [0.05, 0.1) is 18.4 Å². The predicted molar refractivity (Wildman–Crippen MR) is 84.1 cm³/mol. The summed E-state index contributed by atoms with van der Waals surface area (Å²) >= 11 is 1.35. The molecule has 0 amide bonds. The van der Waals surface area contributed by atoms with Crippen LogP contribution in [0.15, 0.2) is 40.8 Å². The summed E-state index contributed by atoms with van der Waals surface area (Å²) in [4.78, 5) is 28.9. The van der Waals surface area contributed by atoms with Crippen molar-refractivity contribution in [2.75, 3.05) is 0 Å². The third-order valence-electron chi connectivity index (χ3n) is 3.44. The summed E-state index contributed by atoms with van der Waals surface area (Å²) in [5.41, 5.74) is 3.13. The summed E-state index contributed by atoms with van der Waals surface area (Å²) < 4.78 is 1.97. The number of carbonyl (C=O) groups is 1. The second kappa shape index (κ2) is 5.26. The highest BCUT2D eigenvalue weighted by Crippen LogP contribution is 2.15. The minimum absolute atomic E-state index is 0.0178. The van der Waals surface area contributed by atoms with Crippen LogP contribution in [0.1, 0.15) is 21.5 Å². The lowest BCUT2D eigenvalue weighted by Crippen LogP contribution is -2.24. The van der Waals surface area contributed by atoms with Crippen LogP contribution in [0.5, 0.6) is 0 Å². The van der Waals surface area contributed by atoms with Crippen LogP contribution >= 0.6 is 11.3 Å². The molecule has 0 N–H and O–H groups in total. The van der Waals surface area contributed by atoms with E-state index in [0.29, 0.717) is 15.8 Å². The third kappa shape index (κ3) is 2.52. The van der Waals surface area contributed by atoms with Crippen LogP contribution in [0.3, 0.4) is 0 Å². The summed E-state index contributed by atoms with van der Waals surface area (Å²) in [5.74, 6) is -0.0731. The topological polar surface area (TPSA) is 52.0 Å². The fourth-order valence-corrected chi connectivity index (χ4v) is 3.06. The molecule has 2 heterocycles. The Morgan fingerprint density at radius 2 is 2.10 bits per heavy atom. The number of hydrogen-bond donors (Lipinski definition) is 0. The van der Waals surface area contributed by atoms with Crippen molar-refractivity contribution in [3.63, 3.8) is 0 Å². The van der Waals surface area contributed by atoms with E-state index in [1.807, 2.05) is 37.4 Å². The van der Waals surface area contributed by atoms with Gasteiger partial charge in [0.15, 0.2) is 5.78 Å². The van der Waals surface area contributed by atoms with Gasteiger partial charge in [0.2, 0.25) is 0 Å². The average Bonchev–Trinajstić information content (AvgIpc) is 2.93. The van der Waals surface area contributed by atoms with Crippen LogP contribution in [-0.2, 0) is 6.54 Å². The van der Waals surface area contributed by atoms with E-state index in [4.69, 9.17) is 0 Å². The second-order valence-electron chi connectivity index (χ2n) is 5.05. The van der Waals surface area contributed by atoms with Crippen molar-refractivity contribution in [2.24, 2.45) is 0 Å². The first kappa shape index (κ1) is 13.7. The number of Topliss-reactive ketones (excluding diaryl/α,β-unsaturated/α-hetero) is 1. The molecule has 0 saturated carbocycles. The molecule has 0 aliphatic heterocycles. The Hall–Kier alpha value is -2.27. The number of thiophene rings is 1. The molecule has 0 saturated heterocycles. The highest BCUT2D eigenvalue weighted by Gasteiger charge is 2.13. The molecule has 3 rings (SSSR count). The smallest absolute Gasteiger partial charge is 0.271 e. The van der Waals surface area contributed by atoms with E-state index in [1.54, 1.807) is 6.07 Å². The SMILES string of the molecule is Cc1ccc(C)c(C(=O)Cn2cnc3ccsc3c2=O)c1. The average molecular weight is 298 g/mol. The van der Waals surface area contributed by atoms with Gasteiger partial charge in [-0.05, 0) is 36.9 Å². The summed E-state index contributed by atoms with van der Waals surface area (Å²) in [5, 5.41) is 1.83. The van der Waals surface area contributed by atoms with E-state index in [2.05, 4.69) is 4.98 Å². The second-order valence-corrected chi connectivity index (χ2v) is 5.97. The van der Waals surface area contributed by atoms with Gasteiger partial charge in [0, 0.05) is 5.56 Å². The lowest BCUT2D eigenvalue weighted by atomic mass is 10.0. The van der Waals surface area contributed by atoms with Crippen molar-refractivity contribution < 1.29 is 4.79 Å². The summed E-state index contributed by atoms with van der Waals surface area (Å²) in [6.07, 6.45) is 1.44. The van der Waals surface area contributed by atoms with Crippen molar-refractivity contribution in [1.82, 2.24) is 9.55 Å². The molecule has 0 radical (unpaired) electrons. The highest BCUT2D eigenvalue weighted by molar-refractivity contribution is 7.17. The van der Waals surface area contributed by atoms with Crippen molar-refractivity contribution in [3.05, 3.63) is 63.0 Å². The number of nitrogens with zero attached hydrogens (tertiary/aromatic N) is 2. The molecule has 0 bridgehead atoms. The zero-order valence-electron chi connectivity index (χ0n) is 11.8. The monoisotopic (exact) mass is 298 g/mol. The fraction of sp³-hybridized carbons (Fsp3) is 0.188. The van der Waals surface area contributed by atoms with Crippen molar-refractivity contribution in [2.45, 2.75) is 20.4 Å². The third-order valence-corrected chi connectivity index (χ3v) is 4.33. The van der Waals surface area contributed by atoms with Crippen LogP contribution in [0, 0.1) is 13.8 Å². The molecular formula is C16H14N2O2S. The molecule has 1 aromatic carbocycles. The van der Waals surface area contributed by atoms with E-state index < -0.39 is 0 Å². The first-order valence-corrected chi connectivity index (χ1v) is 7.47. The first-order chi connectivity index (χ1) is 10.1. The molecule has 0 fully saturated rings. The Morgan fingerprint density at radius 1 is 1.29 bits per heavy atom. The Bertz CT molecular complexity index is 893. The van der Waals surface area contributed by atoms with E-state index >= 15 is 0 Å². The van der Waals surface area contributed by atoms with Crippen molar-refractivity contribution in [3.8, 4) is 0 Å². The maximum Gasteiger partial charge on any atom is 0.271 e. The van der Waals surface area contributed by atoms with Crippen molar-refractivity contribution >= 4 is 27.3 Å². The normalized spacial score (nSPS) is 11.0. The molecule has 0 aliphatic rings. The Balaban J connectivity index is 1.98. The Morgan fingerprint density at radius 3 is 2.90 bits per heavy atom. The molecule has 0 atom stereocenters. The number of rotatable bonds is 3. The molecule has 0 spiro atoms. The summed E-state index contributed by atoms with van der Waals surface area (Å²) in [6, 6.07) is 7.56. The summed E-state index contributed by atoms with van der Waals surface area (Å²) in [6.45, 7) is 3.86. The zero-order valence-corrected chi connectivity index (χ0v) is 12.6. The van der Waals surface area contributed by atoms with Crippen LogP contribution < -0.4 is 5.56 Å². The van der Waals surface area contributed by atoms with Gasteiger partial charge in [-0.3, -0.25) is 14.2 Å². The number of aromatic nitrogens is 2. The number of benzene rings is 1. The van der Waals surface area contributed by atoms with Crippen LogP contribution in [-0.4, -0.2) is 15.3 Å². The number of aryl methyl sites for hydroxylation is 2. The number of hydrogen-bond acceptors (Lipinski definition) is 4. The largest absolute Gasteiger partial charge is 0.292 e. The minimum atomic E-state index is -0.159. The van der Waals surface area contributed by atoms with E-state index in [-0.39, 0.29) is 17.9 Å². The quantitative estimate of drug-likeness (QED) is 0.699. The standard InChI is InChI=1S/C16H14N2O2S/c1-10-3-4-11(2)12(7-10)14(19)8-18-9-17-13-5-6-21-15(13)16(18)20/h3-7,9H,8H2,1-2H3. The fourth-order valence-electron chi connectivity index (χ4n) is 2.27. The predicted octanol–water partition coefficient (Wildman–Crippen LogP) is 2.96. The van der Waals surface area contributed by atoms with Crippen LogP contribution in [0.25, 0.3) is 10.2 Å². The number of ketones is 1. The van der Waals surface area contributed by atoms with E-state index in [9.17, 15) is 9.59 Å². The number of carbonyl (C=O) groups excluding carboxylic acids is 1. The van der Waals surface area contributed by atoms with Gasteiger partial charge >= 0.3 is 0 Å². The van der Waals surface area contributed by atoms with Gasteiger partial charge in [0.1, 0.15) is 4.70 Å². The van der Waals surface area contributed by atoms with Gasteiger partial charge in [0.25, 0.3) is 5.56 Å². The molecule has 5 heteroatoms. The molecule has 2 aromatic heterocycles. The molecule has 0 unspecified atom stereocenters. The first-order valence-electron chi connectivity index (χ1n) is 6.59. The maximum absolute atomic E-state index is 12.4. The molecule has 106 valence electrons. The Labute approximate surface area is 125 Å². The van der Waals surface area contributed by atoms with E-state index in [1.165, 1.54) is 22.2 Å². The Kier molecular flexibility index (Phi) is 3.43. The minimum Gasteiger partial charge on any atom is -0.292 e.